The maximum Gasteiger partial charge on any atom is 0.230 e. The largest absolute Gasteiger partial charge is 0.454 e. The van der Waals surface area contributed by atoms with Gasteiger partial charge in [0.25, 0.3) is 0 Å². The number of hydrogen-bond donors (Lipinski definition) is 7. The van der Waals surface area contributed by atoms with Crippen LogP contribution in [0.5, 0.6) is 0 Å². The van der Waals surface area contributed by atoms with E-state index >= 15 is 0 Å². The molecule has 0 aromatic carbocycles. The molecular formula is C19H26O11. The number of allylic oxidation sites excluding steroid dienone is 4. The quantitative estimate of drug-likeness (QED) is 0.211. The van der Waals surface area contributed by atoms with E-state index in [4.69, 9.17) is 18.9 Å². The van der Waals surface area contributed by atoms with Crippen LogP contribution in [0.2, 0.25) is 0 Å². The Morgan fingerprint density at radius 2 is 1.43 bits per heavy atom. The van der Waals surface area contributed by atoms with Gasteiger partial charge in [-0.2, -0.15) is 0 Å². The Kier molecular flexibility index (Phi) is 7.80. The smallest absolute Gasteiger partial charge is 0.230 e. The van der Waals surface area contributed by atoms with Crippen LogP contribution in [0, 0.1) is 0 Å². The monoisotopic (exact) mass is 430 g/mol. The lowest BCUT2D eigenvalue weighted by Gasteiger charge is -2.45. The van der Waals surface area contributed by atoms with Crippen LogP contribution in [0.1, 0.15) is 0 Å². The van der Waals surface area contributed by atoms with Gasteiger partial charge in [-0.25, -0.2) is 0 Å². The van der Waals surface area contributed by atoms with Crippen LogP contribution in [0.4, 0.5) is 0 Å². The molecule has 0 spiro atoms. The number of ether oxygens (including phenoxy) is 4. The Labute approximate surface area is 172 Å². The zero-order valence-corrected chi connectivity index (χ0v) is 15.8. The highest BCUT2D eigenvalue weighted by Gasteiger charge is 2.51. The molecule has 3 aliphatic rings. The summed E-state index contributed by atoms with van der Waals surface area (Å²) in [4.78, 5) is 0. The molecule has 168 valence electrons. The molecule has 0 saturated carbocycles. The molecule has 2 aliphatic heterocycles. The number of hydrogen-bond acceptors (Lipinski definition) is 11. The van der Waals surface area contributed by atoms with Gasteiger partial charge in [-0.05, 0) is 12.2 Å². The Hall–Kier alpha value is -1.60. The first-order valence-corrected chi connectivity index (χ1v) is 9.42. The third kappa shape index (κ3) is 4.83. The molecule has 3 rings (SSSR count). The Morgan fingerprint density at radius 1 is 0.767 bits per heavy atom. The minimum absolute atomic E-state index is 0.223. The molecule has 30 heavy (non-hydrogen) atoms. The highest BCUT2D eigenvalue weighted by Crippen LogP contribution is 2.30. The maximum atomic E-state index is 10.5. The van der Waals surface area contributed by atoms with E-state index in [2.05, 4.69) is 5.73 Å². The van der Waals surface area contributed by atoms with E-state index in [-0.39, 0.29) is 5.76 Å². The number of aliphatic hydroxyl groups excluding tert-OH is 7. The van der Waals surface area contributed by atoms with Gasteiger partial charge in [0, 0.05) is 0 Å². The van der Waals surface area contributed by atoms with Gasteiger partial charge in [0.2, 0.25) is 6.29 Å². The zero-order valence-electron chi connectivity index (χ0n) is 15.8. The summed E-state index contributed by atoms with van der Waals surface area (Å²) in [7, 11) is 0. The SMILES string of the molecule is OCC1OC(OC2C(CO)OC(OC3=C=CC=CC=C3)C(O)C2O)C(O)C(O)C1O. The van der Waals surface area contributed by atoms with Crippen molar-refractivity contribution in [2.45, 2.75) is 61.4 Å². The van der Waals surface area contributed by atoms with E-state index in [0.717, 1.165) is 0 Å². The van der Waals surface area contributed by atoms with Gasteiger partial charge in [-0.1, -0.05) is 24.0 Å². The summed E-state index contributed by atoms with van der Waals surface area (Å²) in [6, 6.07) is 0. The summed E-state index contributed by atoms with van der Waals surface area (Å²) < 4.78 is 21.8. The van der Waals surface area contributed by atoms with E-state index in [0.29, 0.717) is 0 Å². The molecule has 2 fully saturated rings. The predicted octanol–water partition coefficient (Wildman–Crippen LogP) is -3.21. The lowest BCUT2D eigenvalue weighted by atomic mass is 9.97. The average Bonchev–Trinajstić information content (AvgIpc) is 3.02. The third-order valence-corrected chi connectivity index (χ3v) is 5.00. The minimum atomic E-state index is -1.72. The van der Waals surface area contributed by atoms with Crippen LogP contribution in [0.15, 0.2) is 41.9 Å². The topological polar surface area (TPSA) is 179 Å². The molecule has 0 radical (unpaired) electrons. The van der Waals surface area contributed by atoms with Crippen molar-refractivity contribution >= 4 is 0 Å². The molecule has 1 aliphatic carbocycles. The van der Waals surface area contributed by atoms with Gasteiger partial charge < -0.3 is 54.7 Å². The second-order valence-corrected chi connectivity index (χ2v) is 7.04. The minimum Gasteiger partial charge on any atom is -0.454 e. The van der Waals surface area contributed by atoms with Crippen LogP contribution < -0.4 is 0 Å². The molecule has 0 aromatic rings. The molecule has 10 unspecified atom stereocenters. The summed E-state index contributed by atoms with van der Waals surface area (Å²) in [6.07, 6.45) is -6.73. The van der Waals surface area contributed by atoms with Gasteiger partial charge in [0.15, 0.2) is 12.0 Å². The normalized spacial score (nSPS) is 43.9. The highest BCUT2D eigenvalue weighted by atomic mass is 16.7. The van der Waals surface area contributed by atoms with E-state index in [1.165, 1.54) is 0 Å². The Bertz CT molecular complexity index is 697. The lowest BCUT2D eigenvalue weighted by molar-refractivity contribution is -0.356. The molecule has 0 bridgehead atoms. The van der Waals surface area contributed by atoms with Crippen molar-refractivity contribution in [2.24, 2.45) is 0 Å². The fraction of sp³-hybridized carbons (Fsp3) is 0.632. The van der Waals surface area contributed by atoms with Crippen molar-refractivity contribution in [3.8, 4) is 0 Å². The molecular weight excluding hydrogens is 404 g/mol. The first kappa shape index (κ1) is 23.1. The van der Waals surface area contributed by atoms with Gasteiger partial charge in [0.1, 0.15) is 48.8 Å². The van der Waals surface area contributed by atoms with Crippen LogP contribution >= 0.6 is 0 Å². The van der Waals surface area contributed by atoms with Gasteiger partial charge in [0.05, 0.1) is 13.2 Å². The van der Waals surface area contributed by atoms with Crippen molar-refractivity contribution in [1.29, 1.82) is 0 Å². The molecule has 7 N–H and O–H groups in total. The highest BCUT2D eigenvalue weighted by molar-refractivity contribution is 5.24. The van der Waals surface area contributed by atoms with Gasteiger partial charge >= 0.3 is 0 Å². The van der Waals surface area contributed by atoms with Crippen molar-refractivity contribution < 1.29 is 54.7 Å². The van der Waals surface area contributed by atoms with Crippen molar-refractivity contribution in [2.75, 3.05) is 13.2 Å². The molecule has 10 atom stereocenters. The molecule has 2 saturated heterocycles. The number of aliphatic hydroxyl groups is 7. The zero-order chi connectivity index (χ0) is 21.8. The van der Waals surface area contributed by atoms with Crippen molar-refractivity contribution in [3.63, 3.8) is 0 Å². The average molecular weight is 430 g/mol. The molecule has 11 heteroatoms. The summed E-state index contributed by atoms with van der Waals surface area (Å²) in [6.45, 7) is -1.31. The van der Waals surface area contributed by atoms with Crippen LogP contribution in [0.25, 0.3) is 0 Å². The fourth-order valence-corrected chi connectivity index (χ4v) is 3.29. The van der Waals surface area contributed by atoms with Crippen molar-refractivity contribution in [3.05, 3.63) is 41.9 Å². The summed E-state index contributed by atoms with van der Waals surface area (Å²) >= 11 is 0. The Balaban J connectivity index is 1.71. The fourth-order valence-electron chi connectivity index (χ4n) is 3.29. The first-order valence-electron chi connectivity index (χ1n) is 9.42. The first-order chi connectivity index (χ1) is 14.4. The predicted molar refractivity (Wildman–Crippen MR) is 97.4 cm³/mol. The van der Waals surface area contributed by atoms with Crippen LogP contribution in [0.3, 0.4) is 0 Å². The van der Waals surface area contributed by atoms with E-state index < -0.39 is 74.6 Å². The molecule has 2 heterocycles. The third-order valence-electron chi connectivity index (χ3n) is 5.00. The summed E-state index contributed by atoms with van der Waals surface area (Å²) in [5.41, 5.74) is 2.80. The second kappa shape index (κ2) is 10.1. The standard InChI is InChI=1S/C19H26O11/c20-7-10-12(22)13(23)15(25)19(28-10)30-17-11(8-21)29-18(16(26)14(17)24)27-9-5-3-1-2-4-6-9/h1-5,10-26H,7-8H2. The molecule has 0 aromatic heterocycles. The van der Waals surface area contributed by atoms with Crippen LogP contribution in [-0.2, 0) is 18.9 Å². The number of rotatable bonds is 6. The summed E-state index contributed by atoms with van der Waals surface area (Å²) in [5, 5.41) is 69.8. The van der Waals surface area contributed by atoms with Gasteiger partial charge in [-0.3, -0.25) is 0 Å². The second-order valence-electron chi connectivity index (χ2n) is 7.04. The molecule has 11 nitrogen and oxygen atoms in total. The maximum absolute atomic E-state index is 10.5. The van der Waals surface area contributed by atoms with Crippen LogP contribution in [-0.4, -0.2) is 110 Å². The van der Waals surface area contributed by atoms with Crippen molar-refractivity contribution in [1.82, 2.24) is 0 Å². The van der Waals surface area contributed by atoms with E-state index in [9.17, 15) is 35.7 Å². The van der Waals surface area contributed by atoms with Gasteiger partial charge in [-0.15, -0.1) is 0 Å². The van der Waals surface area contributed by atoms with E-state index in [1.807, 2.05) is 0 Å². The lowest BCUT2D eigenvalue weighted by Crippen LogP contribution is -2.64. The Morgan fingerprint density at radius 3 is 2.13 bits per heavy atom. The molecule has 0 amide bonds. The van der Waals surface area contributed by atoms with E-state index in [1.54, 1.807) is 30.4 Å². The summed E-state index contributed by atoms with van der Waals surface area (Å²) in [5.74, 6) is 0.223.